The fraction of sp³-hybridized carbons (Fsp3) is 0.0308. The van der Waals surface area contributed by atoms with Gasteiger partial charge in [0.25, 0.3) is 0 Å². The second-order valence-electron chi connectivity index (χ2n) is 17.0. The summed E-state index contributed by atoms with van der Waals surface area (Å²) < 4.78 is 0. The van der Waals surface area contributed by atoms with Crippen molar-refractivity contribution in [1.82, 2.24) is 4.98 Å². The normalized spacial score (nSPS) is 12.6. The number of rotatable bonds is 10. The highest BCUT2D eigenvalue weighted by Gasteiger charge is 2.19. The van der Waals surface area contributed by atoms with Gasteiger partial charge in [0.2, 0.25) is 0 Å². The molecular weight excluding hydrogens is 823 g/mol. The summed E-state index contributed by atoms with van der Waals surface area (Å²) in [7, 11) is 0. The number of amidine groups is 1. The number of aliphatic imine (C=N–C) groups is 2. The molecule has 322 valence electrons. The van der Waals surface area contributed by atoms with Gasteiger partial charge in [-0.25, -0.2) is 15.0 Å². The zero-order valence-corrected chi connectivity index (χ0v) is 37.6. The number of hydrogen-bond donors (Lipinski definition) is 0. The summed E-state index contributed by atoms with van der Waals surface area (Å²) in [4.78, 5) is 15.7. The Kier molecular flexibility index (Phi) is 11.9. The van der Waals surface area contributed by atoms with Gasteiger partial charge in [0.05, 0.1) is 22.8 Å². The zero-order valence-electron chi connectivity index (χ0n) is 37.6. The predicted octanol–water partition coefficient (Wildman–Crippen LogP) is 16.8. The van der Waals surface area contributed by atoms with Crippen LogP contribution in [-0.4, -0.2) is 16.5 Å². The van der Waals surface area contributed by atoms with Crippen LogP contribution in [0.5, 0.6) is 0 Å². The molecule has 0 aliphatic carbocycles. The zero-order chi connectivity index (χ0) is 45.5. The van der Waals surface area contributed by atoms with Gasteiger partial charge in [0, 0.05) is 16.7 Å². The third-order valence-corrected chi connectivity index (χ3v) is 12.6. The highest BCUT2D eigenvalue weighted by molar-refractivity contribution is 6.14. The van der Waals surface area contributed by atoms with Crippen LogP contribution in [0.3, 0.4) is 0 Å². The van der Waals surface area contributed by atoms with Gasteiger partial charge in [-0.2, -0.15) is 0 Å². The first-order valence-electron chi connectivity index (χ1n) is 23.3. The smallest absolute Gasteiger partial charge is 0.160 e. The van der Waals surface area contributed by atoms with Gasteiger partial charge >= 0.3 is 0 Å². The Hall–Kier alpha value is -8.79. The molecule has 1 aliphatic rings. The third-order valence-electron chi connectivity index (χ3n) is 12.6. The van der Waals surface area contributed by atoms with E-state index in [2.05, 4.69) is 224 Å². The van der Waals surface area contributed by atoms with E-state index in [4.69, 9.17) is 15.0 Å². The first-order valence-corrected chi connectivity index (χ1v) is 23.3. The fourth-order valence-corrected chi connectivity index (χ4v) is 9.16. The van der Waals surface area contributed by atoms with Crippen LogP contribution in [0.2, 0.25) is 0 Å². The lowest BCUT2D eigenvalue weighted by Crippen LogP contribution is -2.09. The van der Waals surface area contributed by atoms with Crippen molar-refractivity contribution in [1.29, 1.82) is 0 Å². The van der Waals surface area contributed by atoms with E-state index in [1.54, 1.807) is 0 Å². The van der Waals surface area contributed by atoms with Crippen molar-refractivity contribution in [2.45, 2.75) is 12.8 Å². The molecule has 9 aromatic carbocycles. The summed E-state index contributed by atoms with van der Waals surface area (Å²) in [5.74, 6) is 0.717. The molecule has 11 rings (SSSR count). The fourth-order valence-electron chi connectivity index (χ4n) is 9.16. The van der Waals surface area contributed by atoms with Crippen molar-refractivity contribution in [3.63, 3.8) is 0 Å². The molecule has 0 bridgehead atoms. The molecule has 0 unspecified atom stereocenters. The summed E-state index contributed by atoms with van der Waals surface area (Å²) in [6.07, 6.45) is 3.87. The van der Waals surface area contributed by atoms with Crippen LogP contribution in [0, 0.1) is 0 Å². The van der Waals surface area contributed by atoms with Crippen molar-refractivity contribution in [2.24, 2.45) is 9.98 Å². The maximum absolute atomic E-state index is 5.32. The van der Waals surface area contributed by atoms with Crippen LogP contribution in [0.15, 0.2) is 271 Å². The molecule has 0 amide bonds. The monoisotopic (exact) mass is 869 g/mol. The van der Waals surface area contributed by atoms with Crippen LogP contribution in [-0.2, 0) is 0 Å². The molecule has 0 atom stereocenters. The summed E-state index contributed by atoms with van der Waals surface area (Å²) in [6.45, 7) is 0. The molecule has 0 saturated heterocycles. The Morgan fingerprint density at radius 3 is 1.19 bits per heavy atom. The Balaban J connectivity index is 1.03. The molecule has 3 nitrogen and oxygen atoms in total. The largest absolute Gasteiger partial charge is 0.248 e. The van der Waals surface area contributed by atoms with E-state index in [0.29, 0.717) is 5.84 Å². The van der Waals surface area contributed by atoms with Crippen LogP contribution < -0.4 is 0 Å². The predicted molar refractivity (Wildman–Crippen MR) is 285 cm³/mol. The van der Waals surface area contributed by atoms with Crippen molar-refractivity contribution < 1.29 is 0 Å². The van der Waals surface area contributed by atoms with Crippen molar-refractivity contribution >= 4 is 17.2 Å². The Morgan fingerprint density at radius 2 is 0.691 bits per heavy atom. The van der Waals surface area contributed by atoms with E-state index in [1.807, 2.05) is 36.4 Å². The molecule has 0 spiro atoms. The van der Waals surface area contributed by atoms with Crippen molar-refractivity contribution in [3.05, 3.63) is 278 Å². The maximum atomic E-state index is 5.32. The van der Waals surface area contributed by atoms with Gasteiger partial charge in [-0.1, -0.05) is 231 Å². The molecular formula is C65H47N3. The van der Waals surface area contributed by atoms with Crippen LogP contribution >= 0.6 is 0 Å². The first kappa shape index (κ1) is 41.9. The minimum Gasteiger partial charge on any atom is -0.248 e. The topological polar surface area (TPSA) is 37.6 Å². The van der Waals surface area contributed by atoms with Gasteiger partial charge < -0.3 is 0 Å². The summed E-state index contributed by atoms with van der Waals surface area (Å²) in [5, 5.41) is 0. The number of aromatic nitrogens is 1. The molecule has 1 aliphatic heterocycles. The van der Waals surface area contributed by atoms with Crippen molar-refractivity contribution in [2.75, 3.05) is 0 Å². The SMILES string of the molecule is C1=C(c2ccccc2)N=C(c2ccccc2)N=C(c2ccc(-c3c(-c4ccccc4)cc(-c4cccc(-c5cc(-c6ccccc6)nc(-c6ccccc6)c5)c4)cc3-c3ccccc3)cc2)CC1. The summed E-state index contributed by atoms with van der Waals surface area (Å²) >= 11 is 0. The van der Waals surface area contributed by atoms with E-state index in [-0.39, 0.29) is 0 Å². The highest BCUT2D eigenvalue weighted by Crippen LogP contribution is 2.44. The average molecular weight is 870 g/mol. The van der Waals surface area contributed by atoms with Crippen molar-refractivity contribution in [3.8, 4) is 78.1 Å². The first-order chi connectivity index (χ1) is 33.7. The lowest BCUT2D eigenvalue weighted by molar-refractivity contribution is 1.08. The lowest BCUT2D eigenvalue weighted by Gasteiger charge is -2.20. The second-order valence-corrected chi connectivity index (χ2v) is 17.0. The van der Waals surface area contributed by atoms with E-state index < -0.39 is 0 Å². The lowest BCUT2D eigenvalue weighted by atomic mass is 9.84. The van der Waals surface area contributed by atoms with Crippen LogP contribution in [0.25, 0.3) is 83.8 Å². The molecule has 2 heterocycles. The minimum atomic E-state index is 0.717. The summed E-state index contributed by atoms with van der Waals surface area (Å²) in [5.41, 5.74) is 20.7. The molecule has 3 heteroatoms. The van der Waals surface area contributed by atoms with Gasteiger partial charge in [-0.3, -0.25) is 0 Å². The maximum Gasteiger partial charge on any atom is 0.160 e. The third kappa shape index (κ3) is 9.07. The van der Waals surface area contributed by atoms with E-state index in [0.717, 1.165) is 102 Å². The molecule has 0 radical (unpaired) electrons. The molecule has 0 fully saturated rings. The quantitative estimate of drug-likeness (QED) is 0.135. The number of hydrogen-bond acceptors (Lipinski definition) is 3. The second kappa shape index (κ2) is 19.4. The summed E-state index contributed by atoms with van der Waals surface area (Å²) in [6, 6.07) is 90.4. The minimum absolute atomic E-state index is 0.717. The number of pyridine rings is 1. The number of allylic oxidation sites excluding steroid dienone is 1. The van der Waals surface area contributed by atoms with E-state index in [1.165, 1.54) is 16.7 Å². The average Bonchev–Trinajstić information content (AvgIpc) is 3.42. The standard InChI is InChI=1S/C65H47N3/c1-7-21-46(22-8-1)58-42-56(54-33-19-34-55(41-54)57-44-62(49-27-13-4-14-28-49)66-63(45-57)50-29-15-5-16-30-50)43-59(47-23-9-2-10-24-47)64(58)52-39-37-51(38-40-52)61-36-20-35-60(48-25-11-3-12-26-48)67-65(68-61)53-31-17-6-18-32-53/h1-19,21-35,37-45H,20,36H2. The Bertz CT molecular complexity index is 3320. The Morgan fingerprint density at radius 1 is 0.279 bits per heavy atom. The number of benzene rings is 9. The molecule has 68 heavy (non-hydrogen) atoms. The van der Waals surface area contributed by atoms with Crippen LogP contribution in [0.4, 0.5) is 0 Å². The van der Waals surface area contributed by atoms with Gasteiger partial charge in [0.15, 0.2) is 5.84 Å². The van der Waals surface area contributed by atoms with Crippen LogP contribution in [0.1, 0.15) is 29.5 Å². The van der Waals surface area contributed by atoms with E-state index in [9.17, 15) is 0 Å². The number of nitrogens with zero attached hydrogens (tertiary/aromatic N) is 3. The molecule has 10 aromatic rings. The molecule has 1 aromatic heterocycles. The van der Waals surface area contributed by atoms with Gasteiger partial charge in [-0.15, -0.1) is 0 Å². The van der Waals surface area contributed by atoms with Gasteiger partial charge in [-0.05, 0) is 110 Å². The highest BCUT2D eigenvalue weighted by atomic mass is 14.9. The van der Waals surface area contributed by atoms with Gasteiger partial charge in [0.1, 0.15) is 0 Å². The Labute approximate surface area is 398 Å². The molecule has 0 N–H and O–H groups in total. The molecule has 0 saturated carbocycles. The van der Waals surface area contributed by atoms with E-state index >= 15 is 0 Å².